The van der Waals surface area contributed by atoms with Crippen molar-refractivity contribution in [3.63, 3.8) is 0 Å². The van der Waals surface area contributed by atoms with Gasteiger partial charge in [-0.05, 0) is 55.7 Å². The molecule has 1 aromatic heterocycles. The fraction of sp³-hybridized carbons (Fsp3) is 0.455. The predicted octanol–water partition coefficient (Wildman–Crippen LogP) is 3.39. The van der Waals surface area contributed by atoms with Crippen LogP contribution in [0.1, 0.15) is 27.9 Å². The molecule has 156 valence electrons. The molecule has 1 unspecified atom stereocenters. The van der Waals surface area contributed by atoms with Crippen LogP contribution >= 0.6 is 24.2 Å². The highest BCUT2D eigenvalue weighted by atomic mass is 35.5. The first-order valence-electron chi connectivity index (χ1n) is 10.1. The maximum Gasteiger partial charge on any atom is 0.256 e. The van der Waals surface area contributed by atoms with Crippen molar-refractivity contribution >= 4 is 30.1 Å². The highest BCUT2D eigenvalue weighted by molar-refractivity contribution is 7.99. The summed E-state index contributed by atoms with van der Waals surface area (Å²) in [6.07, 6.45) is 2.83. The molecule has 2 aliphatic rings. The highest BCUT2D eigenvalue weighted by Gasteiger charge is 2.32. The summed E-state index contributed by atoms with van der Waals surface area (Å²) in [5, 5.41) is 4.20. The molecule has 4 rings (SSSR count). The maximum absolute atomic E-state index is 13.2. The van der Waals surface area contributed by atoms with Crippen LogP contribution in [-0.4, -0.2) is 66.0 Å². The summed E-state index contributed by atoms with van der Waals surface area (Å²) in [6, 6.07) is 10.7. The molecule has 0 spiro atoms. The van der Waals surface area contributed by atoms with Crippen molar-refractivity contribution in [3.8, 4) is 0 Å². The summed E-state index contributed by atoms with van der Waals surface area (Å²) >= 11 is 1.58. The number of nitrogens with zero attached hydrogens (tertiary/aromatic N) is 3. The Hall–Kier alpha value is -1.60. The Labute approximate surface area is 183 Å². The van der Waals surface area contributed by atoms with E-state index in [4.69, 9.17) is 0 Å². The standard InChI is InChI=1S/C22H28N4OS.ClH/c1-16-5-6-19(14-17(16)2)28-21-20(4-3-8-24-21)22(27)26-11-7-18(15-26)25-12-9-23-10-13-25;/h3-6,8,14,18,23H,7,9-13,15H2,1-2H3;1H. The third kappa shape index (κ3) is 5.12. The van der Waals surface area contributed by atoms with Crippen LogP contribution in [-0.2, 0) is 0 Å². The van der Waals surface area contributed by atoms with Crippen LogP contribution in [0.5, 0.6) is 0 Å². The van der Waals surface area contributed by atoms with E-state index in [0.717, 1.165) is 55.6 Å². The van der Waals surface area contributed by atoms with Gasteiger partial charge in [0.2, 0.25) is 0 Å². The summed E-state index contributed by atoms with van der Waals surface area (Å²) in [6.45, 7) is 10.1. The minimum atomic E-state index is 0. The highest BCUT2D eigenvalue weighted by Crippen LogP contribution is 2.31. The summed E-state index contributed by atoms with van der Waals surface area (Å²) in [5.41, 5.74) is 3.25. The lowest BCUT2D eigenvalue weighted by Gasteiger charge is -2.32. The average Bonchev–Trinajstić information content (AvgIpc) is 3.22. The van der Waals surface area contributed by atoms with Crippen molar-refractivity contribution in [1.82, 2.24) is 20.1 Å². The number of carbonyl (C=O) groups excluding carboxylic acids is 1. The Kier molecular flexibility index (Phi) is 7.57. The SMILES string of the molecule is Cc1ccc(Sc2ncccc2C(=O)N2CCC(N3CCNCC3)C2)cc1C.Cl. The molecule has 0 bridgehead atoms. The van der Waals surface area contributed by atoms with Gasteiger partial charge in [0.15, 0.2) is 0 Å². The first-order chi connectivity index (χ1) is 13.6. The molecule has 29 heavy (non-hydrogen) atoms. The Morgan fingerprint density at radius 2 is 1.93 bits per heavy atom. The molecule has 5 nitrogen and oxygen atoms in total. The monoisotopic (exact) mass is 432 g/mol. The van der Waals surface area contributed by atoms with E-state index in [1.807, 2.05) is 17.0 Å². The van der Waals surface area contributed by atoms with Gasteiger partial charge >= 0.3 is 0 Å². The number of aromatic nitrogens is 1. The minimum Gasteiger partial charge on any atom is -0.337 e. The summed E-state index contributed by atoms with van der Waals surface area (Å²) in [7, 11) is 0. The lowest BCUT2D eigenvalue weighted by atomic mass is 10.1. The van der Waals surface area contributed by atoms with Crippen molar-refractivity contribution in [2.24, 2.45) is 0 Å². The number of nitrogens with one attached hydrogen (secondary N) is 1. The number of hydrogen-bond acceptors (Lipinski definition) is 5. The molecule has 2 aromatic rings. The first kappa shape index (κ1) is 22.1. The van der Waals surface area contributed by atoms with Crippen molar-refractivity contribution < 1.29 is 4.79 Å². The van der Waals surface area contributed by atoms with Crippen LogP contribution < -0.4 is 5.32 Å². The zero-order valence-electron chi connectivity index (χ0n) is 17.1. The van der Waals surface area contributed by atoms with Crippen LogP contribution in [0.15, 0.2) is 46.5 Å². The Bertz CT molecular complexity index is 856. The normalized spacial score (nSPS) is 19.8. The van der Waals surface area contributed by atoms with Gasteiger partial charge in [0.05, 0.1) is 5.56 Å². The number of hydrogen-bond donors (Lipinski definition) is 1. The third-order valence-electron chi connectivity index (χ3n) is 5.81. The summed E-state index contributed by atoms with van der Waals surface area (Å²) < 4.78 is 0. The minimum absolute atomic E-state index is 0. The molecule has 1 aromatic carbocycles. The fourth-order valence-electron chi connectivity index (χ4n) is 3.97. The van der Waals surface area contributed by atoms with E-state index < -0.39 is 0 Å². The van der Waals surface area contributed by atoms with Gasteiger partial charge in [-0.15, -0.1) is 12.4 Å². The molecule has 2 aliphatic heterocycles. The van der Waals surface area contributed by atoms with Crippen LogP contribution in [0.2, 0.25) is 0 Å². The number of piperazine rings is 1. The van der Waals surface area contributed by atoms with Crippen LogP contribution in [0.4, 0.5) is 0 Å². The van der Waals surface area contributed by atoms with Gasteiger partial charge < -0.3 is 10.2 Å². The maximum atomic E-state index is 13.2. The lowest BCUT2D eigenvalue weighted by Crippen LogP contribution is -2.49. The number of halogens is 1. The van der Waals surface area contributed by atoms with Crippen LogP contribution in [0, 0.1) is 13.8 Å². The quantitative estimate of drug-likeness (QED) is 0.802. The summed E-state index contributed by atoms with van der Waals surface area (Å²) in [4.78, 5) is 23.4. The second-order valence-corrected chi connectivity index (χ2v) is 8.75. The van der Waals surface area contributed by atoms with Crippen LogP contribution in [0.3, 0.4) is 0 Å². The van der Waals surface area contributed by atoms with E-state index in [1.165, 1.54) is 11.1 Å². The van der Waals surface area contributed by atoms with Gasteiger partial charge in [-0.3, -0.25) is 9.69 Å². The number of aryl methyl sites for hydroxylation is 2. The molecule has 0 radical (unpaired) electrons. The smallest absolute Gasteiger partial charge is 0.256 e. The van der Waals surface area contributed by atoms with Gasteiger partial charge in [-0.1, -0.05) is 17.8 Å². The molecule has 0 aliphatic carbocycles. The number of carbonyl (C=O) groups is 1. The number of likely N-dealkylation sites (tertiary alicyclic amines) is 1. The van der Waals surface area contributed by atoms with E-state index in [2.05, 4.69) is 47.2 Å². The van der Waals surface area contributed by atoms with E-state index in [0.29, 0.717) is 11.6 Å². The fourth-order valence-corrected chi connectivity index (χ4v) is 4.94. The second-order valence-electron chi connectivity index (χ2n) is 7.68. The zero-order chi connectivity index (χ0) is 19.5. The first-order valence-corrected chi connectivity index (χ1v) is 10.9. The second kappa shape index (κ2) is 9.94. The molecular formula is C22H29ClN4OS. The molecule has 2 saturated heterocycles. The molecule has 1 N–H and O–H groups in total. The van der Waals surface area contributed by atoms with Gasteiger partial charge in [0.25, 0.3) is 5.91 Å². The number of amides is 1. The van der Waals surface area contributed by atoms with E-state index in [1.54, 1.807) is 18.0 Å². The topological polar surface area (TPSA) is 48.5 Å². The van der Waals surface area contributed by atoms with E-state index >= 15 is 0 Å². The van der Waals surface area contributed by atoms with Crippen molar-refractivity contribution in [1.29, 1.82) is 0 Å². The molecule has 1 amide bonds. The molecular weight excluding hydrogens is 404 g/mol. The van der Waals surface area contributed by atoms with Gasteiger partial charge in [0, 0.05) is 56.4 Å². The Balaban J connectivity index is 0.00000240. The number of pyridine rings is 1. The third-order valence-corrected chi connectivity index (χ3v) is 6.82. The Morgan fingerprint density at radius 3 is 2.69 bits per heavy atom. The molecule has 1 atom stereocenters. The number of benzene rings is 1. The van der Waals surface area contributed by atoms with Gasteiger partial charge in [-0.25, -0.2) is 4.98 Å². The predicted molar refractivity (Wildman–Crippen MR) is 120 cm³/mol. The Morgan fingerprint density at radius 1 is 1.14 bits per heavy atom. The molecule has 3 heterocycles. The number of rotatable bonds is 4. The van der Waals surface area contributed by atoms with Gasteiger partial charge in [0.1, 0.15) is 5.03 Å². The van der Waals surface area contributed by atoms with Crippen molar-refractivity contribution in [2.45, 2.75) is 36.2 Å². The van der Waals surface area contributed by atoms with Crippen LogP contribution in [0.25, 0.3) is 0 Å². The molecule has 2 fully saturated rings. The lowest BCUT2D eigenvalue weighted by molar-refractivity contribution is 0.0769. The molecule has 0 saturated carbocycles. The largest absolute Gasteiger partial charge is 0.337 e. The molecule has 7 heteroatoms. The van der Waals surface area contributed by atoms with E-state index in [9.17, 15) is 4.79 Å². The zero-order valence-corrected chi connectivity index (χ0v) is 18.7. The average molecular weight is 433 g/mol. The van der Waals surface area contributed by atoms with Crippen molar-refractivity contribution in [3.05, 3.63) is 53.2 Å². The van der Waals surface area contributed by atoms with Gasteiger partial charge in [-0.2, -0.15) is 0 Å². The van der Waals surface area contributed by atoms with Crippen molar-refractivity contribution in [2.75, 3.05) is 39.3 Å². The van der Waals surface area contributed by atoms with E-state index in [-0.39, 0.29) is 18.3 Å². The summed E-state index contributed by atoms with van der Waals surface area (Å²) in [5.74, 6) is 0.108.